The van der Waals surface area contributed by atoms with Crippen LogP contribution in [-0.2, 0) is 20.9 Å². The monoisotopic (exact) mass is 447 g/mol. The van der Waals surface area contributed by atoms with Crippen LogP contribution >= 0.6 is 0 Å². The Labute approximate surface area is 185 Å². The Morgan fingerprint density at radius 1 is 1.31 bits per heavy atom. The molecule has 7 nitrogen and oxygen atoms in total. The first-order chi connectivity index (χ1) is 15.4. The molecule has 3 aliphatic rings. The third-order valence-electron chi connectivity index (χ3n) is 6.39. The fourth-order valence-corrected chi connectivity index (χ4v) is 4.65. The van der Waals surface area contributed by atoms with Crippen LogP contribution in [0.1, 0.15) is 31.7 Å². The second-order valence-electron chi connectivity index (χ2n) is 8.40. The Bertz CT molecular complexity index is 978. The standard InChI is InChI=1S/C23H27F2N3O4/c1-2-14-4-3-7-27-11-19(14)28-10-16(12-32-13-20(29)21(28)23(27)31)22(30)26-9-15-5-6-17(24)8-18(15)25/h5-6,8,10,14,19,29H,2-4,7,9,11-13H2,1H3,(H,26,30)/b16-10+,21-20?. The molecule has 2 saturated heterocycles. The number of piperazine rings is 1. The SMILES string of the molecule is CCC1CCCN2CC1N1/C=C(/C(=O)NCc3ccc(F)cc3F)COCC(O)=C1C2=O. The van der Waals surface area contributed by atoms with Gasteiger partial charge in [0.25, 0.3) is 11.8 Å². The zero-order valence-electron chi connectivity index (χ0n) is 17.9. The molecule has 4 rings (SSSR count). The van der Waals surface area contributed by atoms with Gasteiger partial charge in [0.2, 0.25) is 0 Å². The number of amides is 2. The lowest BCUT2D eigenvalue weighted by molar-refractivity contribution is -0.133. The van der Waals surface area contributed by atoms with E-state index < -0.39 is 17.5 Å². The van der Waals surface area contributed by atoms with Gasteiger partial charge >= 0.3 is 0 Å². The molecule has 3 heterocycles. The number of aliphatic hydroxyl groups excluding tert-OH is 1. The van der Waals surface area contributed by atoms with Crippen molar-refractivity contribution in [3.05, 3.63) is 58.6 Å². The van der Waals surface area contributed by atoms with Crippen LogP contribution < -0.4 is 5.32 Å². The van der Waals surface area contributed by atoms with Crippen LogP contribution in [0.5, 0.6) is 0 Å². The molecule has 3 aliphatic heterocycles. The fourth-order valence-electron chi connectivity index (χ4n) is 4.65. The maximum atomic E-state index is 13.9. The van der Waals surface area contributed by atoms with Crippen molar-refractivity contribution in [2.75, 3.05) is 26.3 Å². The summed E-state index contributed by atoms with van der Waals surface area (Å²) < 4.78 is 32.5. The number of benzene rings is 1. The number of hydrogen-bond donors (Lipinski definition) is 2. The molecule has 2 amide bonds. The van der Waals surface area contributed by atoms with Gasteiger partial charge in [-0.05, 0) is 24.8 Å². The maximum Gasteiger partial charge on any atom is 0.274 e. The average Bonchev–Trinajstić information content (AvgIpc) is 2.94. The summed E-state index contributed by atoms with van der Waals surface area (Å²) in [6.07, 6.45) is 4.33. The predicted molar refractivity (Wildman–Crippen MR) is 112 cm³/mol. The molecule has 1 aromatic rings. The molecular formula is C23H27F2N3O4. The summed E-state index contributed by atoms with van der Waals surface area (Å²) >= 11 is 0. The number of nitrogens with one attached hydrogen (secondary N) is 1. The van der Waals surface area contributed by atoms with Gasteiger partial charge in [-0.1, -0.05) is 19.4 Å². The number of carbonyl (C=O) groups excluding carboxylic acids is 2. The van der Waals surface area contributed by atoms with Crippen molar-refractivity contribution in [1.29, 1.82) is 0 Å². The van der Waals surface area contributed by atoms with Crippen molar-refractivity contribution in [1.82, 2.24) is 15.1 Å². The fraction of sp³-hybridized carbons (Fsp3) is 0.478. The Balaban J connectivity index is 1.62. The zero-order chi connectivity index (χ0) is 22.8. The average molecular weight is 447 g/mol. The highest BCUT2D eigenvalue weighted by Crippen LogP contribution is 2.34. The molecule has 0 aliphatic carbocycles. The van der Waals surface area contributed by atoms with Crippen LogP contribution in [-0.4, -0.2) is 59.1 Å². The number of rotatable bonds is 4. The third-order valence-corrected chi connectivity index (χ3v) is 6.39. The first-order valence-electron chi connectivity index (χ1n) is 10.9. The number of fused-ring (bicyclic) bond motifs is 4. The molecule has 2 atom stereocenters. The highest BCUT2D eigenvalue weighted by molar-refractivity contribution is 5.96. The summed E-state index contributed by atoms with van der Waals surface area (Å²) in [6, 6.07) is 3.11. The van der Waals surface area contributed by atoms with E-state index in [2.05, 4.69) is 12.2 Å². The van der Waals surface area contributed by atoms with E-state index in [0.717, 1.165) is 31.4 Å². The van der Waals surface area contributed by atoms with Gasteiger partial charge in [0.15, 0.2) is 0 Å². The minimum absolute atomic E-state index is 0.0622. The quantitative estimate of drug-likeness (QED) is 0.742. The second kappa shape index (κ2) is 9.28. The van der Waals surface area contributed by atoms with Gasteiger partial charge < -0.3 is 25.0 Å². The number of ether oxygens (including phenoxy) is 1. The van der Waals surface area contributed by atoms with E-state index >= 15 is 0 Å². The van der Waals surface area contributed by atoms with Crippen molar-refractivity contribution < 1.29 is 28.2 Å². The molecule has 0 saturated carbocycles. The molecule has 172 valence electrons. The summed E-state index contributed by atoms with van der Waals surface area (Å²) in [5.74, 6) is -2.04. The Morgan fingerprint density at radius 3 is 2.88 bits per heavy atom. The number of hydrogen-bond acceptors (Lipinski definition) is 5. The molecule has 1 aromatic carbocycles. The third kappa shape index (κ3) is 4.34. The number of halogens is 2. The molecule has 0 aromatic heterocycles. The highest BCUT2D eigenvalue weighted by atomic mass is 19.1. The van der Waals surface area contributed by atoms with Crippen LogP contribution in [0.2, 0.25) is 0 Å². The van der Waals surface area contributed by atoms with E-state index in [1.165, 1.54) is 6.07 Å². The highest BCUT2D eigenvalue weighted by Gasteiger charge is 2.42. The van der Waals surface area contributed by atoms with Gasteiger partial charge in [-0.2, -0.15) is 0 Å². The van der Waals surface area contributed by atoms with Crippen molar-refractivity contribution >= 4 is 11.8 Å². The number of aliphatic hydroxyl groups is 1. The van der Waals surface area contributed by atoms with E-state index in [-0.39, 0.29) is 54.3 Å². The minimum Gasteiger partial charge on any atom is -0.507 e. The Morgan fingerprint density at radius 2 is 2.12 bits per heavy atom. The Hall–Kier alpha value is -2.94. The summed E-state index contributed by atoms with van der Waals surface area (Å²) in [6.45, 7) is 2.88. The van der Waals surface area contributed by atoms with Gasteiger partial charge in [-0.15, -0.1) is 0 Å². The topological polar surface area (TPSA) is 82.1 Å². The molecule has 9 heteroatoms. The van der Waals surface area contributed by atoms with Crippen LogP contribution in [0, 0.1) is 17.6 Å². The summed E-state index contributed by atoms with van der Waals surface area (Å²) in [5.41, 5.74) is 0.568. The summed E-state index contributed by atoms with van der Waals surface area (Å²) in [5, 5.41) is 13.2. The molecule has 2 N–H and O–H groups in total. The summed E-state index contributed by atoms with van der Waals surface area (Å²) in [7, 11) is 0. The first-order valence-corrected chi connectivity index (χ1v) is 10.9. The van der Waals surface area contributed by atoms with Crippen LogP contribution in [0.15, 0.2) is 41.4 Å². The van der Waals surface area contributed by atoms with Crippen LogP contribution in [0.4, 0.5) is 8.78 Å². The van der Waals surface area contributed by atoms with E-state index in [9.17, 15) is 23.5 Å². The van der Waals surface area contributed by atoms with E-state index in [1.54, 1.807) is 16.0 Å². The first kappa shape index (κ1) is 22.3. The summed E-state index contributed by atoms with van der Waals surface area (Å²) in [4.78, 5) is 29.4. The van der Waals surface area contributed by atoms with Crippen molar-refractivity contribution in [2.45, 2.75) is 38.8 Å². The Kier molecular flexibility index (Phi) is 6.45. The van der Waals surface area contributed by atoms with Crippen LogP contribution in [0.3, 0.4) is 0 Å². The lowest BCUT2D eigenvalue weighted by Gasteiger charge is -2.44. The van der Waals surface area contributed by atoms with Gasteiger partial charge in [-0.3, -0.25) is 9.59 Å². The predicted octanol–water partition coefficient (Wildman–Crippen LogP) is 2.60. The van der Waals surface area contributed by atoms with Crippen LogP contribution in [0.25, 0.3) is 0 Å². The van der Waals surface area contributed by atoms with Gasteiger partial charge in [-0.25, -0.2) is 8.78 Å². The normalized spacial score (nSPS) is 25.3. The number of carbonyl (C=O) groups is 2. The maximum absolute atomic E-state index is 13.9. The van der Waals surface area contributed by atoms with Gasteiger partial charge in [0.1, 0.15) is 29.7 Å². The van der Waals surface area contributed by atoms with Gasteiger partial charge in [0, 0.05) is 37.5 Å². The molecule has 2 fully saturated rings. The molecule has 2 unspecified atom stereocenters. The second-order valence-corrected chi connectivity index (χ2v) is 8.40. The smallest absolute Gasteiger partial charge is 0.274 e. The molecule has 2 bridgehead atoms. The zero-order valence-corrected chi connectivity index (χ0v) is 17.9. The molecule has 32 heavy (non-hydrogen) atoms. The van der Waals surface area contributed by atoms with E-state index in [0.29, 0.717) is 19.0 Å². The molecule has 0 radical (unpaired) electrons. The van der Waals surface area contributed by atoms with Crippen molar-refractivity contribution in [3.8, 4) is 0 Å². The van der Waals surface area contributed by atoms with E-state index in [1.807, 2.05) is 0 Å². The van der Waals surface area contributed by atoms with Crippen molar-refractivity contribution in [2.24, 2.45) is 5.92 Å². The number of nitrogens with zero attached hydrogens (tertiary/aromatic N) is 2. The lowest BCUT2D eigenvalue weighted by Crippen LogP contribution is -2.55. The minimum atomic E-state index is -0.741. The van der Waals surface area contributed by atoms with Gasteiger partial charge in [0.05, 0.1) is 18.2 Å². The lowest BCUT2D eigenvalue weighted by atomic mass is 9.90. The largest absolute Gasteiger partial charge is 0.507 e. The van der Waals surface area contributed by atoms with E-state index in [4.69, 9.17) is 4.74 Å². The molecule has 0 spiro atoms. The molecular weight excluding hydrogens is 420 g/mol. The van der Waals surface area contributed by atoms with Crippen molar-refractivity contribution in [3.63, 3.8) is 0 Å².